The van der Waals surface area contributed by atoms with Gasteiger partial charge in [0.2, 0.25) is 5.91 Å². The first-order valence-corrected chi connectivity index (χ1v) is 12.4. The van der Waals surface area contributed by atoms with E-state index in [0.29, 0.717) is 25.0 Å². The van der Waals surface area contributed by atoms with Crippen molar-refractivity contribution in [2.24, 2.45) is 34.2 Å². The van der Waals surface area contributed by atoms with Gasteiger partial charge in [0.25, 0.3) is 0 Å². The average molecular weight is 493 g/mol. The molecule has 0 aliphatic heterocycles. The van der Waals surface area contributed by atoms with Crippen molar-refractivity contribution in [3.8, 4) is 0 Å². The maximum Gasteiger partial charge on any atom is 0.225 e. The number of hydrogen-bond donors (Lipinski definition) is 3. The molecule has 4 aliphatic rings. The van der Waals surface area contributed by atoms with Crippen LogP contribution in [0, 0.1) is 29.1 Å². The van der Waals surface area contributed by atoms with E-state index < -0.39 is 52.9 Å². The second kappa shape index (κ2) is 9.09. The molecule has 0 saturated heterocycles. The van der Waals surface area contributed by atoms with Crippen LogP contribution in [0.4, 0.5) is 4.39 Å². The van der Waals surface area contributed by atoms with Crippen molar-refractivity contribution in [2.45, 2.75) is 63.3 Å². The lowest BCUT2D eigenvalue weighted by molar-refractivity contribution is -0.191. The minimum absolute atomic E-state index is 0.0368. The van der Waals surface area contributed by atoms with Crippen LogP contribution in [0.1, 0.15) is 46.0 Å². The van der Waals surface area contributed by atoms with E-state index in [9.17, 15) is 24.9 Å². The minimum Gasteiger partial charge on any atom is -0.395 e. The van der Waals surface area contributed by atoms with Gasteiger partial charge in [0.15, 0.2) is 11.5 Å². The van der Waals surface area contributed by atoms with Crippen LogP contribution >= 0.6 is 0 Å². The number of alkyl halides is 1. The van der Waals surface area contributed by atoms with Gasteiger partial charge < -0.3 is 25.1 Å². The molecule has 0 aromatic carbocycles. The molecule has 9 heteroatoms. The van der Waals surface area contributed by atoms with Crippen LogP contribution in [0.5, 0.6) is 0 Å². The maximum absolute atomic E-state index is 17.2. The summed E-state index contributed by atoms with van der Waals surface area (Å²) in [5.74, 6) is -2.52. The van der Waals surface area contributed by atoms with Crippen molar-refractivity contribution >= 4 is 17.4 Å². The Morgan fingerprint density at radius 1 is 1.29 bits per heavy atom. The van der Waals surface area contributed by atoms with Crippen LogP contribution in [-0.4, -0.2) is 82.3 Å². The molecule has 194 valence electrons. The van der Waals surface area contributed by atoms with Gasteiger partial charge >= 0.3 is 0 Å². The molecule has 0 aromatic rings. The zero-order valence-corrected chi connectivity index (χ0v) is 20.9. The van der Waals surface area contributed by atoms with Crippen molar-refractivity contribution in [3.63, 3.8) is 0 Å². The predicted molar refractivity (Wildman–Crippen MR) is 127 cm³/mol. The fraction of sp³-hybridized carbons (Fsp3) is 0.731. The Kier molecular flexibility index (Phi) is 6.74. The first-order chi connectivity index (χ1) is 16.4. The average Bonchev–Trinajstić information content (AvgIpc) is 3.07. The third-order valence-electron chi connectivity index (χ3n) is 9.24. The number of rotatable bonds is 6. The summed E-state index contributed by atoms with van der Waals surface area (Å²) in [5.41, 5.74) is -3.43. The molecule has 3 saturated carbocycles. The zero-order chi connectivity index (χ0) is 25.8. The summed E-state index contributed by atoms with van der Waals surface area (Å²) >= 11 is 0. The van der Waals surface area contributed by atoms with E-state index in [1.165, 1.54) is 4.90 Å². The van der Waals surface area contributed by atoms with Crippen molar-refractivity contribution in [3.05, 3.63) is 23.8 Å². The number of carbonyl (C=O) groups is 2. The van der Waals surface area contributed by atoms with E-state index in [2.05, 4.69) is 5.16 Å². The summed E-state index contributed by atoms with van der Waals surface area (Å²) in [6.45, 7) is 2.93. The van der Waals surface area contributed by atoms with E-state index >= 15 is 4.39 Å². The van der Waals surface area contributed by atoms with E-state index in [1.54, 1.807) is 46.2 Å². The van der Waals surface area contributed by atoms with E-state index in [1.807, 2.05) is 0 Å². The number of hydrogen-bond acceptors (Lipinski definition) is 7. The van der Waals surface area contributed by atoms with Gasteiger partial charge in [0.05, 0.1) is 12.5 Å². The Bertz CT molecular complexity index is 979. The Hall–Kier alpha value is -2.10. The number of fused-ring (bicyclic) bond motifs is 5. The van der Waals surface area contributed by atoms with E-state index in [4.69, 9.17) is 4.84 Å². The topological polar surface area (TPSA) is 120 Å². The molecule has 35 heavy (non-hydrogen) atoms. The van der Waals surface area contributed by atoms with Crippen LogP contribution in [0.3, 0.4) is 0 Å². The Labute approximate surface area is 205 Å². The number of allylic oxidation sites excluding steroid dienone is 4. The van der Waals surface area contributed by atoms with Crippen LogP contribution in [0.25, 0.3) is 0 Å². The Morgan fingerprint density at radius 3 is 2.66 bits per heavy atom. The highest BCUT2D eigenvalue weighted by Gasteiger charge is 2.71. The molecule has 1 amide bonds. The molecule has 4 rings (SSSR count). The van der Waals surface area contributed by atoms with Gasteiger partial charge in [0, 0.05) is 31.3 Å². The summed E-state index contributed by atoms with van der Waals surface area (Å²) in [6.07, 6.45) is 5.56. The van der Waals surface area contributed by atoms with Crippen molar-refractivity contribution in [1.82, 2.24) is 4.90 Å². The summed E-state index contributed by atoms with van der Waals surface area (Å²) in [5, 5.41) is 36.1. The summed E-state index contributed by atoms with van der Waals surface area (Å²) < 4.78 is 17.2. The predicted octanol–water partition coefficient (Wildman–Crippen LogP) is 1.79. The Morgan fingerprint density at radius 2 is 2.00 bits per heavy atom. The molecule has 0 heterocycles. The number of aliphatic hydroxyl groups excluding tert-OH is 2. The summed E-state index contributed by atoms with van der Waals surface area (Å²) in [7, 11) is 3.34. The molecule has 1 unspecified atom stereocenters. The molecular weight excluding hydrogens is 455 g/mol. The molecule has 0 spiro atoms. The van der Waals surface area contributed by atoms with Crippen LogP contribution in [-0.2, 0) is 14.4 Å². The number of halogens is 1. The zero-order valence-electron chi connectivity index (χ0n) is 20.9. The normalized spacial score (nSPS) is 43.1. The number of ketones is 1. The molecule has 3 fully saturated rings. The second-order valence-corrected chi connectivity index (χ2v) is 11.1. The monoisotopic (exact) mass is 492 g/mol. The molecule has 0 bridgehead atoms. The van der Waals surface area contributed by atoms with Crippen LogP contribution in [0.15, 0.2) is 29.0 Å². The van der Waals surface area contributed by atoms with Gasteiger partial charge in [-0.2, -0.15) is 0 Å². The molecule has 8 nitrogen and oxygen atoms in total. The number of aliphatic hydroxyl groups is 3. The van der Waals surface area contributed by atoms with Gasteiger partial charge in [-0.3, -0.25) is 9.59 Å². The van der Waals surface area contributed by atoms with Gasteiger partial charge in [0.1, 0.15) is 24.5 Å². The lowest BCUT2D eigenvalue weighted by atomic mass is 9.48. The molecule has 0 aromatic heterocycles. The quantitative estimate of drug-likeness (QED) is 0.384. The van der Waals surface area contributed by atoms with Crippen molar-refractivity contribution in [1.29, 1.82) is 0 Å². The van der Waals surface area contributed by atoms with Crippen LogP contribution in [0.2, 0.25) is 0 Å². The number of oxime groups is 1. The summed E-state index contributed by atoms with van der Waals surface area (Å²) in [6, 6.07) is 0. The number of carbonyl (C=O) groups excluding carboxylic acids is 2. The first-order valence-electron chi connectivity index (χ1n) is 12.4. The smallest absolute Gasteiger partial charge is 0.225 e. The third kappa shape index (κ3) is 3.78. The molecule has 4 aliphatic carbocycles. The fourth-order valence-electron chi connectivity index (χ4n) is 7.26. The fourth-order valence-corrected chi connectivity index (χ4v) is 7.26. The van der Waals surface area contributed by atoms with Crippen molar-refractivity contribution in [2.75, 3.05) is 27.3 Å². The highest BCUT2D eigenvalue weighted by molar-refractivity contribution is 6.05. The number of Topliss-reactive ketones (excluding diaryl/α,β-unsaturated/α-hetero) is 1. The SMILES string of the molecule is C[C@@H]1C[C@@H]2C(C[C@H](O)[C@@]3(F)[C@H]2CCC2=C/C(=N/OCCC(=O)N(C)C)C=C[C@@]23C)[C@@]1(O)C(=O)CO. The molecule has 0 radical (unpaired) electrons. The first kappa shape index (κ1) is 26.0. The van der Waals surface area contributed by atoms with E-state index in [-0.39, 0.29) is 31.3 Å². The van der Waals surface area contributed by atoms with E-state index in [0.717, 1.165) is 5.57 Å². The second-order valence-electron chi connectivity index (χ2n) is 11.1. The van der Waals surface area contributed by atoms with Gasteiger partial charge in [-0.25, -0.2) is 4.39 Å². The standard InChI is InChI=1S/C26H37FN2O6/c1-15-11-18-19-6-5-16-12-17(28-35-10-8-23(33)29(3)4)7-9-24(16,2)26(19,27)21(31)13-20(18)25(15,34)22(32)14-30/h7,9,12,15,18-21,30-31,34H,5-6,8,10-11,13-14H2,1-4H3/b28-17+/t15-,18+,19+,20?,21+,24+,25-,26+/m1/s1. The van der Waals surface area contributed by atoms with Gasteiger partial charge in [-0.15, -0.1) is 0 Å². The largest absolute Gasteiger partial charge is 0.395 e. The maximum atomic E-state index is 17.2. The minimum atomic E-state index is -1.97. The number of nitrogens with zero attached hydrogens (tertiary/aromatic N) is 2. The van der Waals surface area contributed by atoms with Crippen LogP contribution < -0.4 is 0 Å². The highest BCUT2D eigenvalue weighted by Crippen LogP contribution is 2.66. The number of amides is 1. The lowest BCUT2D eigenvalue weighted by Crippen LogP contribution is -2.66. The molecular formula is C26H37FN2O6. The van der Waals surface area contributed by atoms with Crippen molar-refractivity contribution < 1.29 is 34.1 Å². The Balaban J connectivity index is 1.57. The molecule has 3 N–H and O–H groups in total. The summed E-state index contributed by atoms with van der Waals surface area (Å²) in [4.78, 5) is 31.0. The van der Waals surface area contributed by atoms with Gasteiger partial charge in [-0.05, 0) is 56.6 Å². The lowest BCUT2D eigenvalue weighted by Gasteiger charge is -2.59. The van der Waals surface area contributed by atoms with Gasteiger partial charge in [-0.1, -0.05) is 23.7 Å². The third-order valence-corrected chi connectivity index (χ3v) is 9.24. The highest BCUT2D eigenvalue weighted by atomic mass is 19.1. The molecule has 8 atom stereocenters.